The van der Waals surface area contributed by atoms with E-state index >= 15 is 0 Å². The van der Waals surface area contributed by atoms with Gasteiger partial charge in [0.15, 0.2) is 9.84 Å². The Morgan fingerprint density at radius 1 is 1.39 bits per heavy atom. The van der Waals surface area contributed by atoms with E-state index in [1.165, 1.54) is 19.2 Å². The first-order valence-electron chi connectivity index (χ1n) is 5.03. The Balaban J connectivity index is 3.57. The number of sulfone groups is 1. The van der Waals surface area contributed by atoms with Crippen LogP contribution in [0, 0.1) is 11.8 Å². The molecule has 0 aromatic heterocycles. The van der Waals surface area contributed by atoms with E-state index < -0.39 is 15.8 Å². The maximum absolute atomic E-state index is 11.6. The van der Waals surface area contributed by atoms with Gasteiger partial charge in [-0.2, -0.15) is 4.91 Å². The highest BCUT2D eigenvalue weighted by atomic mass is 32.2. The number of nitroso groups, excluding NO2 is 1. The summed E-state index contributed by atoms with van der Waals surface area (Å²) >= 11 is 0. The van der Waals surface area contributed by atoms with E-state index in [0.29, 0.717) is 5.56 Å². The summed E-state index contributed by atoms with van der Waals surface area (Å²) < 4.78 is 27.7. The summed E-state index contributed by atoms with van der Waals surface area (Å²) in [6, 6.07) is 2.65. The molecule has 0 aliphatic heterocycles. The fourth-order valence-corrected chi connectivity index (χ4v) is 2.65. The molecule has 1 aromatic rings. The van der Waals surface area contributed by atoms with Crippen LogP contribution in [0.25, 0.3) is 0 Å². The maximum atomic E-state index is 11.6. The monoisotopic (exact) mass is 271 g/mol. The van der Waals surface area contributed by atoms with Crippen molar-refractivity contribution in [2.45, 2.75) is 18.4 Å². The molecule has 18 heavy (non-hydrogen) atoms. The number of carbonyl (C=O) groups excluding carboxylic acids is 1. The summed E-state index contributed by atoms with van der Waals surface area (Å²) in [7, 11) is -2.25. The highest BCUT2D eigenvalue weighted by Gasteiger charge is 2.20. The van der Waals surface area contributed by atoms with Crippen molar-refractivity contribution < 1.29 is 17.9 Å². The van der Waals surface area contributed by atoms with Crippen molar-refractivity contribution in [3.05, 3.63) is 33.7 Å². The molecule has 6 nitrogen and oxygen atoms in total. The van der Waals surface area contributed by atoms with E-state index in [2.05, 4.69) is 9.91 Å². The Morgan fingerprint density at radius 2 is 2.00 bits per heavy atom. The molecule has 0 saturated carbocycles. The van der Waals surface area contributed by atoms with E-state index in [1.54, 1.807) is 6.92 Å². The van der Waals surface area contributed by atoms with Crippen LogP contribution in [-0.2, 0) is 21.1 Å². The summed E-state index contributed by atoms with van der Waals surface area (Å²) in [4.78, 5) is 21.9. The van der Waals surface area contributed by atoms with Crippen LogP contribution in [0.3, 0.4) is 0 Å². The van der Waals surface area contributed by atoms with Crippen molar-refractivity contribution in [2.24, 2.45) is 5.18 Å². The van der Waals surface area contributed by atoms with Crippen LogP contribution in [0.15, 0.2) is 22.2 Å². The van der Waals surface area contributed by atoms with Gasteiger partial charge in [0.05, 0.1) is 17.6 Å². The second kappa shape index (κ2) is 5.26. The molecular weight excluding hydrogens is 258 g/mol. The molecule has 0 aliphatic carbocycles. The predicted octanol–water partition coefficient (Wildman–Crippen LogP) is 1.45. The number of esters is 1. The summed E-state index contributed by atoms with van der Waals surface area (Å²) in [6.07, 6.45) is 1.04. The Labute approximate surface area is 105 Å². The van der Waals surface area contributed by atoms with Gasteiger partial charge in [-0.25, -0.2) is 13.2 Å². The molecule has 0 bridgehead atoms. The average molecular weight is 271 g/mol. The zero-order valence-electron chi connectivity index (χ0n) is 10.3. The number of hydrogen-bond donors (Lipinski definition) is 0. The summed E-state index contributed by atoms with van der Waals surface area (Å²) in [5, 5.41) is 2.70. The van der Waals surface area contributed by atoms with Crippen molar-refractivity contribution in [1.29, 1.82) is 0 Å². The number of methoxy groups -OCH3 is 1. The third-order valence-electron chi connectivity index (χ3n) is 2.58. The lowest BCUT2D eigenvalue weighted by molar-refractivity contribution is 0.0599. The molecule has 7 heteroatoms. The van der Waals surface area contributed by atoms with Crippen LogP contribution in [0.1, 0.15) is 21.5 Å². The average Bonchev–Trinajstić information content (AvgIpc) is 2.29. The largest absolute Gasteiger partial charge is 0.465 e. The Hall–Kier alpha value is -1.76. The standard InChI is InChI=1S/C11H13NO5S/c1-7-8(11(13)17-2)4-5-10(18(3,15)16)9(7)6-12-14/h4-5H,6H2,1-3H3. The molecule has 0 N–H and O–H groups in total. The first-order chi connectivity index (χ1) is 8.32. The third-order valence-corrected chi connectivity index (χ3v) is 3.76. The fourth-order valence-electron chi connectivity index (χ4n) is 1.67. The van der Waals surface area contributed by atoms with Crippen LogP contribution in [0.2, 0.25) is 0 Å². The molecule has 0 aliphatic rings. The van der Waals surface area contributed by atoms with Gasteiger partial charge in [0.25, 0.3) is 0 Å². The normalized spacial score (nSPS) is 11.1. The van der Waals surface area contributed by atoms with Crippen LogP contribution in [0.4, 0.5) is 0 Å². The number of benzene rings is 1. The maximum Gasteiger partial charge on any atom is 0.338 e. The zero-order valence-corrected chi connectivity index (χ0v) is 11.1. The molecule has 1 rings (SSSR count). The van der Waals surface area contributed by atoms with Gasteiger partial charge < -0.3 is 4.74 Å². The van der Waals surface area contributed by atoms with Crippen LogP contribution >= 0.6 is 0 Å². The topological polar surface area (TPSA) is 89.9 Å². The lowest BCUT2D eigenvalue weighted by atomic mass is 10.0. The number of rotatable bonds is 4. The van der Waals surface area contributed by atoms with Crippen molar-refractivity contribution >= 4 is 15.8 Å². The Kier molecular flexibility index (Phi) is 4.18. The van der Waals surface area contributed by atoms with Crippen molar-refractivity contribution in [2.75, 3.05) is 13.4 Å². The summed E-state index contributed by atoms with van der Waals surface area (Å²) in [5.41, 5.74) is 0.850. The lowest BCUT2D eigenvalue weighted by Crippen LogP contribution is -2.10. The van der Waals surface area contributed by atoms with Gasteiger partial charge in [0.1, 0.15) is 6.54 Å². The SMILES string of the molecule is COC(=O)c1ccc(S(C)(=O)=O)c(CN=O)c1C. The molecule has 0 atom stereocenters. The van der Waals surface area contributed by atoms with E-state index in [0.717, 1.165) is 6.26 Å². The van der Waals surface area contributed by atoms with Crippen molar-refractivity contribution in [1.82, 2.24) is 0 Å². The molecule has 0 radical (unpaired) electrons. The number of ether oxygens (including phenoxy) is 1. The molecule has 0 saturated heterocycles. The minimum Gasteiger partial charge on any atom is -0.465 e. The highest BCUT2D eigenvalue weighted by Crippen LogP contribution is 2.24. The lowest BCUT2D eigenvalue weighted by Gasteiger charge is -2.11. The van der Waals surface area contributed by atoms with Gasteiger partial charge in [-0.05, 0) is 30.2 Å². The zero-order chi connectivity index (χ0) is 13.9. The van der Waals surface area contributed by atoms with Gasteiger partial charge >= 0.3 is 5.97 Å². The molecule has 0 heterocycles. The second-order valence-corrected chi connectivity index (χ2v) is 5.75. The number of hydrogen-bond acceptors (Lipinski definition) is 6. The van der Waals surface area contributed by atoms with Gasteiger partial charge in [0, 0.05) is 6.26 Å². The third kappa shape index (κ3) is 2.73. The van der Waals surface area contributed by atoms with Gasteiger partial charge in [-0.15, -0.1) is 0 Å². The highest BCUT2D eigenvalue weighted by molar-refractivity contribution is 7.90. The quantitative estimate of drug-likeness (QED) is 0.610. The van der Waals surface area contributed by atoms with E-state index in [1.807, 2.05) is 0 Å². The second-order valence-electron chi connectivity index (χ2n) is 3.77. The number of nitrogens with zero attached hydrogens (tertiary/aromatic N) is 1. The minimum absolute atomic E-state index is 0.00672. The first-order valence-corrected chi connectivity index (χ1v) is 6.92. The van der Waals surface area contributed by atoms with Gasteiger partial charge in [-0.1, -0.05) is 5.18 Å². The smallest absolute Gasteiger partial charge is 0.338 e. The molecule has 98 valence electrons. The first kappa shape index (κ1) is 14.3. The molecule has 0 fully saturated rings. The van der Waals surface area contributed by atoms with Gasteiger partial charge in [-0.3, -0.25) is 0 Å². The molecule has 1 aromatic carbocycles. The molecule has 0 amide bonds. The van der Waals surface area contributed by atoms with E-state index in [-0.39, 0.29) is 22.6 Å². The molecular formula is C11H13NO5S. The summed E-state index contributed by atoms with van der Waals surface area (Å²) in [6.45, 7) is 1.25. The molecule has 0 unspecified atom stereocenters. The minimum atomic E-state index is -3.48. The van der Waals surface area contributed by atoms with Gasteiger partial charge in [0.2, 0.25) is 0 Å². The van der Waals surface area contributed by atoms with Crippen LogP contribution in [0.5, 0.6) is 0 Å². The predicted molar refractivity (Wildman–Crippen MR) is 65.1 cm³/mol. The Bertz CT molecular complexity index is 592. The number of carbonyl (C=O) groups is 1. The Morgan fingerprint density at radius 3 is 2.44 bits per heavy atom. The van der Waals surface area contributed by atoms with Crippen molar-refractivity contribution in [3.63, 3.8) is 0 Å². The van der Waals surface area contributed by atoms with Crippen molar-refractivity contribution in [3.8, 4) is 0 Å². The molecule has 0 spiro atoms. The van der Waals surface area contributed by atoms with E-state index in [9.17, 15) is 18.1 Å². The van der Waals surface area contributed by atoms with Crippen LogP contribution < -0.4 is 0 Å². The van der Waals surface area contributed by atoms with Crippen LogP contribution in [-0.4, -0.2) is 27.8 Å². The fraction of sp³-hybridized carbons (Fsp3) is 0.364. The van der Waals surface area contributed by atoms with E-state index in [4.69, 9.17) is 0 Å². The summed E-state index contributed by atoms with van der Waals surface area (Å²) in [5.74, 6) is -0.584.